The summed E-state index contributed by atoms with van der Waals surface area (Å²) in [5, 5.41) is 7.18. The maximum absolute atomic E-state index is 12.2. The Morgan fingerprint density at radius 1 is 1.04 bits per heavy atom. The topological polar surface area (TPSA) is 90.2 Å². The van der Waals surface area contributed by atoms with E-state index in [1.165, 1.54) is 6.08 Å². The van der Waals surface area contributed by atoms with Gasteiger partial charge in [-0.1, -0.05) is 0 Å². The number of carbonyl (C=O) groups is 1. The molecule has 26 heavy (non-hydrogen) atoms. The third-order valence-electron chi connectivity index (χ3n) is 3.89. The van der Waals surface area contributed by atoms with Gasteiger partial charge in [-0.2, -0.15) is 5.10 Å². The van der Waals surface area contributed by atoms with Gasteiger partial charge in [-0.25, -0.2) is 0 Å². The van der Waals surface area contributed by atoms with Crippen LogP contribution in [-0.4, -0.2) is 30.2 Å². The second kappa shape index (κ2) is 7.57. The van der Waals surface area contributed by atoms with Crippen molar-refractivity contribution in [2.24, 2.45) is 0 Å². The Kier molecular flexibility index (Phi) is 5.03. The number of aromatic amines is 1. The van der Waals surface area contributed by atoms with E-state index in [4.69, 9.17) is 15.2 Å². The number of nitrogen functional groups attached to an aromatic ring is 1. The van der Waals surface area contributed by atoms with Gasteiger partial charge in [0.25, 0.3) is 0 Å². The summed E-state index contributed by atoms with van der Waals surface area (Å²) in [4.78, 5) is 12.2. The number of allylic oxidation sites excluding steroid dienone is 1. The average molecular weight is 349 g/mol. The molecule has 0 aliphatic rings. The molecule has 0 saturated carbocycles. The van der Waals surface area contributed by atoms with Gasteiger partial charge in [-0.05, 0) is 60.7 Å². The van der Waals surface area contributed by atoms with Crippen molar-refractivity contribution in [3.05, 3.63) is 65.9 Å². The molecule has 3 N–H and O–H groups in total. The smallest absolute Gasteiger partial charge is 0.185 e. The molecule has 0 unspecified atom stereocenters. The fourth-order valence-corrected chi connectivity index (χ4v) is 2.47. The first-order valence-electron chi connectivity index (χ1n) is 7.96. The number of rotatable bonds is 6. The quantitative estimate of drug-likeness (QED) is 0.403. The number of nitrogens with one attached hydrogen (secondary N) is 1. The third-order valence-corrected chi connectivity index (χ3v) is 3.89. The molecule has 1 heterocycles. The largest absolute Gasteiger partial charge is 0.493 e. The highest BCUT2D eigenvalue weighted by atomic mass is 16.5. The highest BCUT2D eigenvalue weighted by molar-refractivity contribution is 6.06. The zero-order valence-electron chi connectivity index (χ0n) is 14.5. The number of carbonyl (C=O) groups excluding carboxylic acids is 1. The second-order valence-corrected chi connectivity index (χ2v) is 5.60. The number of methoxy groups -OCH3 is 2. The zero-order valence-corrected chi connectivity index (χ0v) is 14.5. The minimum Gasteiger partial charge on any atom is -0.493 e. The average Bonchev–Trinajstić information content (AvgIpc) is 3.15. The molecule has 2 aromatic carbocycles. The van der Waals surface area contributed by atoms with Gasteiger partial charge in [-0.15, -0.1) is 0 Å². The summed E-state index contributed by atoms with van der Waals surface area (Å²) in [6.07, 6.45) is 3.19. The molecular formula is C20H19N3O3. The molecule has 0 atom stereocenters. The summed E-state index contributed by atoms with van der Waals surface area (Å²) in [5.41, 5.74) is 9.17. The van der Waals surface area contributed by atoms with Crippen molar-refractivity contribution in [1.82, 2.24) is 10.2 Å². The number of ether oxygens (including phenoxy) is 2. The molecule has 0 aliphatic carbocycles. The van der Waals surface area contributed by atoms with Crippen LogP contribution in [0, 0.1) is 0 Å². The molecule has 0 saturated heterocycles. The normalized spacial score (nSPS) is 10.8. The molecule has 0 bridgehead atoms. The Hall–Kier alpha value is -3.54. The summed E-state index contributed by atoms with van der Waals surface area (Å²) in [6, 6.07) is 14.2. The van der Waals surface area contributed by atoms with Crippen LogP contribution in [0.3, 0.4) is 0 Å². The van der Waals surface area contributed by atoms with Crippen molar-refractivity contribution in [3.63, 3.8) is 0 Å². The standard InChI is InChI=1S/C20H19N3O3/c1-25-19-10-5-14(11-20(19)26-2)17-12-16(22-23-17)8-9-18(24)13-3-6-15(21)7-4-13/h3-12H,21H2,1-2H3,(H,22,23)/b9-8+. The van der Waals surface area contributed by atoms with E-state index in [1.807, 2.05) is 24.3 Å². The minimum atomic E-state index is -0.104. The van der Waals surface area contributed by atoms with Crippen LogP contribution >= 0.6 is 0 Å². The van der Waals surface area contributed by atoms with Crippen LogP contribution in [-0.2, 0) is 0 Å². The molecule has 0 radical (unpaired) electrons. The highest BCUT2D eigenvalue weighted by Gasteiger charge is 2.09. The number of H-pyrrole nitrogens is 1. The molecule has 6 nitrogen and oxygen atoms in total. The fourth-order valence-electron chi connectivity index (χ4n) is 2.47. The van der Waals surface area contributed by atoms with Gasteiger partial charge < -0.3 is 15.2 Å². The monoisotopic (exact) mass is 349 g/mol. The Bertz CT molecular complexity index is 943. The van der Waals surface area contributed by atoms with E-state index < -0.39 is 0 Å². The molecule has 0 fully saturated rings. The molecule has 3 aromatic rings. The molecule has 0 aliphatic heterocycles. The minimum absolute atomic E-state index is 0.104. The van der Waals surface area contributed by atoms with Gasteiger partial charge in [0.15, 0.2) is 17.3 Å². The van der Waals surface area contributed by atoms with Crippen LogP contribution in [0.15, 0.2) is 54.6 Å². The van der Waals surface area contributed by atoms with Crippen molar-refractivity contribution in [2.75, 3.05) is 20.0 Å². The van der Waals surface area contributed by atoms with Gasteiger partial charge in [0.05, 0.1) is 25.6 Å². The highest BCUT2D eigenvalue weighted by Crippen LogP contribution is 2.31. The summed E-state index contributed by atoms with van der Waals surface area (Å²) < 4.78 is 10.5. The summed E-state index contributed by atoms with van der Waals surface area (Å²) in [6.45, 7) is 0. The lowest BCUT2D eigenvalue weighted by Gasteiger charge is -2.08. The van der Waals surface area contributed by atoms with Crippen LogP contribution in [0.5, 0.6) is 11.5 Å². The Morgan fingerprint density at radius 3 is 2.46 bits per heavy atom. The van der Waals surface area contributed by atoms with E-state index >= 15 is 0 Å². The number of hydrogen-bond acceptors (Lipinski definition) is 5. The maximum atomic E-state index is 12.2. The third kappa shape index (κ3) is 3.75. The SMILES string of the molecule is COc1ccc(-c2cc(/C=C/C(=O)c3ccc(N)cc3)[nH]n2)cc1OC. The van der Waals surface area contributed by atoms with Crippen molar-refractivity contribution in [1.29, 1.82) is 0 Å². The van der Waals surface area contributed by atoms with Crippen LogP contribution in [0.25, 0.3) is 17.3 Å². The maximum Gasteiger partial charge on any atom is 0.185 e. The van der Waals surface area contributed by atoms with Gasteiger partial charge in [0.2, 0.25) is 0 Å². The van der Waals surface area contributed by atoms with E-state index in [0.717, 1.165) is 17.0 Å². The number of anilines is 1. The van der Waals surface area contributed by atoms with Crippen molar-refractivity contribution >= 4 is 17.5 Å². The number of hydrogen-bond donors (Lipinski definition) is 2. The number of benzene rings is 2. The molecule has 3 rings (SSSR count). The molecule has 132 valence electrons. The number of nitrogens with two attached hydrogens (primary N) is 1. The summed E-state index contributed by atoms with van der Waals surface area (Å²) in [7, 11) is 3.18. The first-order chi connectivity index (χ1) is 12.6. The number of nitrogens with zero attached hydrogens (tertiary/aromatic N) is 1. The fraction of sp³-hybridized carbons (Fsp3) is 0.100. The van der Waals surface area contributed by atoms with E-state index in [-0.39, 0.29) is 5.78 Å². The van der Waals surface area contributed by atoms with Crippen molar-refractivity contribution in [3.8, 4) is 22.8 Å². The van der Waals surface area contributed by atoms with Gasteiger partial charge in [0, 0.05) is 16.8 Å². The first kappa shape index (κ1) is 17.3. The molecular weight excluding hydrogens is 330 g/mol. The lowest BCUT2D eigenvalue weighted by atomic mass is 10.1. The van der Waals surface area contributed by atoms with E-state index in [1.54, 1.807) is 44.6 Å². The Balaban J connectivity index is 1.77. The molecule has 0 spiro atoms. The van der Waals surface area contributed by atoms with E-state index in [9.17, 15) is 4.79 Å². The summed E-state index contributed by atoms with van der Waals surface area (Å²) in [5.74, 6) is 1.18. The van der Waals surface area contributed by atoms with Crippen molar-refractivity contribution in [2.45, 2.75) is 0 Å². The predicted molar refractivity (Wildman–Crippen MR) is 101 cm³/mol. The number of ketones is 1. The Morgan fingerprint density at radius 2 is 1.77 bits per heavy atom. The van der Waals surface area contributed by atoms with E-state index in [2.05, 4.69) is 10.2 Å². The van der Waals surface area contributed by atoms with Gasteiger partial charge in [0.1, 0.15) is 0 Å². The van der Waals surface area contributed by atoms with Crippen LogP contribution in [0.2, 0.25) is 0 Å². The first-order valence-corrected chi connectivity index (χ1v) is 7.96. The lowest BCUT2D eigenvalue weighted by molar-refractivity contribution is 0.104. The van der Waals surface area contributed by atoms with E-state index in [0.29, 0.717) is 22.7 Å². The Labute approximate surface area is 151 Å². The van der Waals surface area contributed by atoms with Crippen LogP contribution < -0.4 is 15.2 Å². The van der Waals surface area contributed by atoms with Crippen LogP contribution in [0.1, 0.15) is 16.1 Å². The molecule has 0 amide bonds. The van der Waals surface area contributed by atoms with Gasteiger partial charge >= 0.3 is 0 Å². The van der Waals surface area contributed by atoms with Gasteiger partial charge in [-0.3, -0.25) is 9.89 Å². The molecule has 1 aromatic heterocycles. The number of aromatic nitrogens is 2. The van der Waals surface area contributed by atoms with Crippen LogP contribution in [0.4, 0.5) is 5.69 Å². The predicted octanol–water partition coefficient (Wildman–Crippen LogP) is 3.57. The zero-order chi connectivity index (χ0) is 18.5. The van der Waals surface area contributed by atoms with Crippen molar-refractivity contribution < 1.29 is 14.3 Å². The second-order valence-electron chi connectivity index (χ2n) is 5.60. The lowest BCUT2D eigenvalue weighted by Crippen LogP contribution is -1.94. The molecule has 6 heteroatoms. The summed E-state index contributed by atoms with van der Waals surface area (Å²) >= 11 is 0.